The third-order valence-electron chi connectivity index (χ3n) is 4.14. The molecule has 3 rings (SSSR count). The van der Waals surface area contributed by atoms with E-state index in [4.69, 9.17) is 4.74 Å². The smallest absolute Gasteiger partial charge is 0.407 e. The highest BCUT2D eigenvalue weighted by Gasteiger charge is 2.22. The zero-order valence-electron chi connectivity index (χ0n) is 14.4. The molecule has 3 aromatic rings. The summed E-state index contributed by atoms with van der Waals surface area (Å²) in [5.41, 5.74) is 2.07. The second-order valence-electron chi connectivity index (χ2n) is 6.08. The van der Waals surface area contributed by atoms with E-state index in [2.05, 4.69) is 31.2 Å². The standard InChI is InChI=1S/C19H20BrN3O4/c20-13-8-14-15(10-23-18(14)22-9-13)17(25)16(24)6-7-21-19(26)27-11-12-4-2-1-3-5-12/h1-5,8-10,16-17,24-25H,6-7,11H2,(H,21,26)(H,22,23). The van der Waals surface area contributed by atoms with Crippen LogP contribution in [0.4, 0.5) is 4.79 Å². The fraction of sp³-hybridized carbons (Fsp3) is 0.263. The third kappa shape index (κ3) is 5.06. The van der Waals surface area contributed by atoms with Gasteiger partial charge in [0.05, 0.1) is 6.10 Å². The molecule has 8 heteroatoms. The normalized spacial score (nSPS) is 13.3. The average molecular weight is 434 g/mol. The van der Waals surface area contributed by atoms with Gasteiger partial charge in [0.1, 0.15) is 18.4 Å². The van der Waals surface area contributed by atoms with E-state index in [0.717, 1.165) is 15.4 Å². The number of halogens is 1. The minimum Gasteiger partial charge on any atom is -0.445 e. The number of aliphatic hydroxyl groups excluding tert-OH is 2. The molecule has 1 aromatic carbocycles. The lowest BCUT2D eigenvalue weighted by molar-refractivity contribution is 0.0145. The largest absolute Gasteiger partial charge is 0.445 e. The molecule has 0 aliphatic heterocycles. The summed E-state index contributed by atoms with van der Waals surface area (Å²) in [6.45, 7) is 0.352. The fourth-order valence-electron chi connectivity index (χ4n) is 2.70. The van der Waals surface area contributed by atoms with Crippen LogP contribution in [0, 0.1) is 0 Å². The molecule has 2 unspecified atom stereocenters. The zero-order chi connectivity index (χ0) is 19.2. The van der Waals surface area contributed by atoms with E-state index >= 15 is 0 Å². The van der Waals surface area contributed by atoms with Crippen LogP contribution >= 0.6 is 15.9 Å². The Kier molecular flexibility index (Phi) is 6.44. The van der Waals surface area contributed by atoms with Crippen molar-refractivity contribution in [1.29, 1.82) is 0 Å². The van der Waals surface area contributed by atoms with E-state index in [1.54, 1.807) is 12.4 Å². The summed E-state index contributed by atoms with van der Waals surface area (Å²) in [4.78, 5) is 18.9. The monoisotopic (exact) mass is 433 g/mol. The van der Waals surface area contributed by atoms with Gasteiger partial charge in [0.25, 0.3) is 0 Å². The van der Waals surface area contributed by atoms with E-state index in [-0.39, 0.29) is 19.6 Å². The number of carbonyl (C=O) groups excluding carboxylic acids is 1. The number of aliphatic hydroxyl groups is 2. The highest BCUT2D eigenvalue weighted by molar-refractivity contribution is 9.10. The third-order valence-corrected chi connectivity index (χ3v) is 4.57. The van der Waals surface area contributed by atoms with Crippen molar-refractivity contribution in [3.63, 3.8) is 0 Å². The van der Waals surface area contributed by atoms with Crippen LogP contribution in [-0.4, -0.2) is 38.9 Å². The van der Waals surface area contributed by atoms with Gasteiger partial charge in [0.15, 0.2) is 0 Å². The van der Waals surface area contributed by atoms with E-state index in [0.29, 0.717) is 11.2 Å². The number of ether oxygens (including phenoxy) is 1. The van der Waals surface area contributed by atoms with Crippen molar-refractivity contribution in [1.82, 2.24) is 15.3 Å². The first kappa shape index (κ1) is 19.3. The molecule has 4 N–H and O–H groups in total. The Morgan fingerprint density at radius 2 is 2.07 bits per heavy atom. The molecule has 2 atom stereocenters. The van der Waals surface area contributed by atoms with Crippen LogP contribution in [0.2, 0.25) is 0 Å². The number of aromatic nitrogens is 2. The van der Waals surface area contributed by atoms with Crippen molar-refractivity contribution >= 4 is 33.1 Å². The van der Waals surface area contributed by atoms with Gasteiger partial charge in [-0.2, -0.15) is 0 Å². The molecule has 2 aromatic heterocycles. The Labute approximate surface area is 164 Å². The Morgan fingerprint density at radius 3 is 2.85 bits per heavy atom. The van der Waals surface area contributed by atoms with Crippen molar-refractivity contribution in [3.8, 4) is 0 Å². The lowest BCUT2D eigenvalue weighted by atomic mass is 10.0. The number of hydrogen-bond acceptors (Lipinski definition) is 5. The number of carbonyl (C=O) groups is 1. The molecule has 0 saturated carbocycles. The number of nitrogens with one attached hydrogen (secondary N) is 2. The molecule has 0 aliphatic carbocycles. The Hall–Kier alpha value is -2.42. The summed E-state index contributed by atoms with van der Waals surface area (Å²) < 4.78 is 5.88. The summed E-state index contributed by atoms with van der Waals surface area (Å²) in [6.07, 6.45) is 0.737. The van der Waals surface area contributed by atoms with Crippen LogP contribution in [0.15, 0.2) is 53.3 Å². The minimum absolute atomic E-state index is 0.176. The van der Waals surface area contributed by atoms with Crippen molar-refractivity contribution in [3.05, 3.63) is 64.4 Å². The molecule has 0 saturated heterocycles. The zero-order valence-corrected chi connectivity index (χ0v) is 16.0. The molecule has 142 valence electrons. The maximum Gasteiger partial charge on any atom is 0.407 e. The SMILES string of the molecule is O=C(NCCC(O)C(O)c1c[nH]c2ncc(Br)cc12)OCc1ccccc1. The molecular weight excluding hydrogens is 414 g/mol. The van der Waals surface area contributed by atoms with Crippen LogP contribution < -0.4 is 5.32 Å². The van der Waals surface area contributed by atoms with Crippen LogP contribution in [0.3, 0.4) is 0 Å². The number of fused-ring (bicyclic) bond motifs is 1. The second-order valence-corrected chi connectivity index (χ2v) is 7.00. The first-order valence-corrected chi connectivity index (χ1v) is 9.27. The van der Waals surface area contributed by atoms with Gasteiger partial charge in [-0.1, -0.05) is 30.3 Å². The lowest BCUT2D eigenvalue weighted by Crippen LogP contribution is -2.29. The second kappa shape index (κ2) is 8.98. The topological polar surface area (TPSA) is 107 Å². The molecule has 27 heavy (non-hydrogen) atoms. The number of hydrogen-bond donors (Lipinski definition) is 4. The number of rotatable bonds is 7. The minimum atomic E-state index is -1.10. The predicted molar refractivity (Wildman–Crippen MR) is 104 cm³/mol. The average Bonchev–Trinajstić information content (AvgIpc) is 3.09. The molecule has 7 nitrogen and oxygen atoms in total. The Morgan fingerprint density at radius 1 is 1.30 bits per heavy atom. The number of benzene rings is 1. The van der Waals surface area contributed by atoms with Crippen molar-refractivity contribution < 1.29 is 19.7 Å². The quantitative estimate of drug-likeness (QED) is 0.457. The molecule has 0 aliphatic rings. The van der Waals surface area contributed by atoms with Crippen LogP contribution in [0.5, 0.6) is 0 Å². The molecule has 0 spiro atoms. The maximum atomic E-state index is 11.7. The maximum absolute atomic E-state index is 11.7. The van der Waals surface area contributed by atoms with E-state index in [1.165, 1.54) is 0 Å². The molecule has 2 heterocycles. The van der Waals surface area contributed by atoms with Gasteiger partial charge in [-0.3, -0.25) is 0 Å². The van der Waals surface area contributed by atoms with Gasteiger partial charge in [-0.15, -0.1) is 0 Å². The van der Waals surface area contributed by atoms with E-state index < -0.39 is 18.3 Å². The van der Waals surface area contributed by atoms with Gasteiger partial charge in [0, 0.05) is 34.4 Å². The first-order valence-electron chi connectivity index (χ1n) is 8.48. The van der Waals surface area contributed by atoms with E-state index in [9.17, 15) is 15.0 Å². The number of alkyl carbamates (subject to hydrolysis) is 1. The van der Waals surface area contributed by atoms with Crippen LogP contribution in [-0.2, 0) is 11.3 Å². The van der Waals surface area contributed by atoms with Gasteiger partial charge in [-0.25, -0.2) is 9.78 Å². The predicted octanol–water partition coefficient (Wildman–Crippen LogP) is 3.04. The summed E-state index contributed by atoms with van der Waals surface area (Å²) in [5, 5.41) is 24.0. The van der Waals surface area contributed by atoms with Crippen molar-refractivity contribution in [2.75, 3.05) is 6.54 Å². The highest BCUT2D eigenvalue weighted by atomic mass is 79.9. The summed E-state index contributed by atoms with van der Waals surface area (Å²) in [6, 6.07) is 11.2. The summed E-state index contributed by atoms with van der Waals surface area (Å²) in [5.74, 6) is 0. The number of aromatic amines is 1. The van der Waals surface area contributed by atoms with Gasteiger partial charge in [-0.05, 0) is 34.0 Å². The first-order chi connectivity index (χ1) is 13.0. The van der Waals surface area contributed by atoms with Gasteiger partial charge >= 0.3 is 6.09 Å². The highest BCUT2D eigenvalue weighted by Crippen LogP contribution is 2.28. The summed E-state index contributed by atoms with van der Waals surface area (Å²) >= 11 is 3.34. The van der Waals surface area contributed by atoms with E-state index in [1.807, 2.05) is 36.4 Å². The number of H-pyrrole nitrogens is 1. The molecule has 0 fully saturated rings. The van der Waals surface area contributed by atoms with Crippen molar-refractivity contribution in [2.24, 2.45) is 0 Å². The number of amides is 1. The van der Waals surface area contributed by atoms with Gasteiger partial charge < -0.3 is 25.3 Å². The Balaban J connectivity index is 1.47. The summed E-state index contributed by atoms with van der Waals surface area (Å²) in [7, 11) is 0. The van der Waals surface area contributed by atoms with Crippen LogP contribution in [0.25, 0.3) is 11.0 Å². The lowest BCUT2D eigenvalue weighted by Gasteiger charge is -2.17. The fourth-order valence-corrected chi connectivity index (χ4v) is 3.04. The molecule has 0 radical (unpaired) electrons. The molecule has 0 bridgehead atoms. The Bertz CT molecular complexity index is 900. The molecular formula is C19H20BrN3O4. The van der Waals surface area contributed by atoms with Crippen LogP contribution in [0.1, 0.15) is 23.7 Å². The number of nitrogens with zero attached hydrogens (tertiary/aromatic N) is 1. The molecule has 1 amide bonds. The number of pyridine rings is 1. The van der Waals surface area contributed by atoms with Crippen molar-refractivity contribution in [2.45, 2.75) is 25.2 Å². The van der Waals surface area contributed by atoms with Gasteiger partial charge in [0.2, 0.25) is 0 Å².